The molecule has 0 atom stereocenters. The van der Waals surface area contributed by atoms with Crippen molar-refractivity contribution in [3.8, 4) is 0 Å². The number of carbonyl (C=O) groups is 1. The van der Waals surface area contributed by atoms with Crippen LogP contribution in [-0.2, 0) is 4.74 Å². The lowest BCUT2D eigenvalue weighted by Crippen LogP contribution is -2.03. The lowest BCUT2D eigenvalue weighted by molar-refractivity contribution is 0.0600. The van der Waals surface area contributed by atoms with Crippen LogP contribution in [0.15, 0.2) is 22.9 Å². The number of carbonyl (C=O) groups excluding carboxylic acids is 1. The average molecular weight is 228 g/mol. The molecular weight excluding hydrogens is 218 g/mol. The molecule has 0 amide bonds. The number of aryl methyl sites for hydroxylation is 1. The van der Waals surface area contributed by atoms with Gasteiger partial charge in [-0.2, -0.15) is 0 Å². The first-order chi connectivity index (χ1) is 6.72. The van der Waals surface area contributed by atoms with Crippen LogP contribution in [0.2, 0.25) is 0 Å². The zero-order chi connectivity index (χ0) is 10.1. The molecular formula is C10H10ClNO3. The Morgan fingerprint density at radius 1 is 1.47 bits per heavy atom. The largest absolute Gasteiger partial charge is 0.465 e. The second-order valence-corrected chi connectivity index (χ2v) is 3.02. The van der Waals surface area contributed by atoms with Crippen molar-refractivity contribution in [1.29, 1.82) is 0 Å². The van der Waals surface area contributed by atoms with Gasteiger partial charge in [0.05, 0.1) is 18.9 Å². The molecule has 0 aliphatic rings. The molecule has 0 saturated heterocycles. The number of hydrogen-bond donors (Lipinski definition) is 0. The van der Waals surface area contributed by atoms with Crippen molar-refractivity contribution < 1.29 is 14.1 Å². The molecule has 4 nitrogen and oxygen atoms in total. The van der Waals surface area contributed by atoms with Gasteiger partial charge in [0.15, 0.2) is 5.58 Å². The van der Waals surface area contributed by atoms with Gasteiger partial charge >= 0.3 is 5.97 Å². The lowest BCUT2D eigenvalue weighted by Gasteiger charge is -2.02. The second kappa shape index (κ2) is 4.31. The van der Waals surface area contributed by atoms with Crippen LogP contribution in [0.1, 0.15) is 15.9 Å². The maximum atomic E-state index is 11.3. The Kier molecular flexibility index (Phi) is 3.31. The Morgan fingerprint density at radius 3 is 2.87 bits per heavy atom. The average Bonchev–Trinajstić information content (AvgIpc) is 2.62. The topological polar surface area (TPSA) is 52.3 Å². The first-order valence-corrected chi connectivity index (χ1v) is 4.15. The molecule has 1 aromatic heterocycles. The highest BCUT2D eigenvalue weighted by molar-refractivity contribution is 5.95. The first-order valence-electron chi connectivity index (χ1n) is 4.15. The standard InChI is InChI=1S/C10H9NO3.ClH/c1-6-3-7-5-11-14-9(7)4-8(6)10(12)13-2;/h3-5H,1-2H3;1H. The van der Waals surface area contributed by atoms with Crippen molar-refractivity contribution in [1.82, 2.24) is 5.16 Å². The van der Waals surface area contributed by atoms with E-state index in [2.05, 4.69) is 9.89 Å². The summed E-state index contributed by atoms with van der Waals surface area (Å²) in [5, 5.41) is 4.53. The predicted octanol–water partition coefficient (Wildman–Crippen LogP) is 2.34. The summed E-state index contributed by atoms with van der Waals surface area (Å²) in [6.45, 7) is 1.85. The van der Waals surface area contributed by atoms with Gasteiger partial charge in [0.2, 0.25) is 0 Å². The van der Waals surface area contributed by atoms with Crippen LogP contribution < -0.4 is 0 Å². The van der Waals surface area contributed by atoms with Crippen molar-refractivity contribution >= 4 is 29.3 Å². The number of hydrogen-bond acceptors (Lipinski definition) is 4. The molecule has 0 N–H and O–H groups in total. The third-order valence-electron chi connectivity index (χ3n) is 2.10. The Morgan fingerprint density at radius 2 is 2.20 bits per heavy atom. The summed E-state index contributed by atoms with van der Waals surface area (Å²) in [6.07, 6.45) is 1.61. The predicted molar refractivity (Wildman–Crippen MR) is 57.3 cm³/mol. The van der Waals surface area contributed by atoms with Gasteiger partial charge in [0, 0.05) is 5.39 Å². The SMILES string of the molecule is COC(=O)c1cc2oncc2cc1C.Cl. The summed E-state index contributed by atoms with van der Waals surface area (Å²) in [7, 11) is 1.35. The molecule has 0 fully saturated rings. The van der Waals surface area contributed by atoms with Crippen molar-refractivity contribution in [2.24, 2.45) is 0 Å². The smallest absolute Gasteiger partial charge is 0.338 e. The molecule has 2 rings (SSSR count). The van der Waals surface area contributed by atoms with Crippen molar-refractivity contribution in [3.05, 3.63) is 29.5 Å². The quantitative estimate of drug-likeness (QED) is 0.702. The normalized spacial score (nSPS) is 9.73. The third-order valence-corrected chi connectivity index (χ3v) is 2.10. The molecule has 80 valence electrons. The van der Waals surface area contributed by atoms with Crippen molar-refractivity contribution in [2.45, 2.75) is 6.92 Å². The number of ether oxygens (including phenoxy) is 1. The fraction of sp³-hybridized carbons (Fsp3) is 0.200. The van der Waals surface area contributed by atoms with E-state index in [4.69, 9.17) is 4.52 Å². The molecule has 0 aliphatic heterocycles. The van der Waals surface area contributed by atoms with Crippen LogP contribution in [0.25, 0.3) is 11.0 Å². The number of halogens is 1. The highest BCUT2D eigenvalue weighted by atomic mass is 35.5. The highest BCUT2D eigenvalue weighted by Crippen LogP contribution is 2.19. The van der Waals surface area contributed by atoms with Crippen LogP contribution in [0.3, 0.4) is 0 Å². The van der Waals surface area contributed by atoms with E-state index in [0.717, 1.165) is 10.9 Å². The number of aromatic nitrogens is 1. The molecule has 5 heteroatoms. The Hall–Kier alpha value is -1.55. The highest BCUT2D eigenvalue weighted by Gasteiger charge is 2.11. The molecule has 0 saturated carbocycles. The molecule has 1 aromatic carbocycles. The Bertz CT molecular complexity index is 492. The fourth-order valence-corrected chi connectivity index (χ4v) is 1.36. The second-order valence-electron chi connectivity index (χ2n) is 3.02. The molecule has 0 spiro atoms. The zero-order valence-electron chi connectivity index (χ0n) is 8.31. The van der Waals surface area contributed by atoms with E-state index >= 15 is 0 Å². The Labute approximate surface area is 92.6 Å². The molecule has 2 aromatic rings. The summed E-state index contributed by atoms with van der Waals surface area (Å²) in [4.78, 5) is 11.3. The fourth-order valence-electron chi connectivity index (χ4n) is 1.36. The molecule has 0 unspecified atom stereocenters. The number of nitrogens with zero attached hydrogens (tertiary/aromatic N) is 1. The van der Waals surface area contributed by atoms with Crippen LogP contribution in [-0.4, -0.2) is 18.2 Å². The minimum Gasteiger partial charge on any atom is -0.465 e. The van der Waals surface area contributed by atoms with Crippen molar-refractivity contribution in [3.63, 3.8) is 0 Å². The molecule has 0 radical (unpaired) electrons. The number of esters is 1. The van der Waals surface area contributed by atoms with Crippen LogP contribution in [0.5, 0.6) is 0 Å². The monoisotopic (exact) mass is 227 g/mol. The Balaban J connectivity index is 0.00000112. The molecule has 1 heterocycles. The number of rotatable bonds is 1. The van der Waals surface area contributed by atoms with E-state index in [-0.39, 0.29) is 18.4 Å². The summed E-state index contributed by atoms with van der Waals surface area (Å²) >= 11 is 0. The van der Waals surface area contributed by atoms with Gasteiger partial charge in [-0.3, -0.25) is 0 Å². The van der Waals surface area contributed by atoms with Crippen LogP contribution in [0.4, 0.5) is 0 Å². The minimum atomic E-state index is -0.360. The molecule has 0 bridgehead atoms. The van der Waals surface area contributed by atoms with Gasteiger partial charge in [-0.1, -0.05) is 5.16 Å². The van der Waals surface area contributed by atoms with E-state index in [1.165, 1.54) is 7.11 Å². The van der Waals surface area contributed by atoms with Gasteiger partial charge in [-0.15, -0.1) is 12.4 Å². The van der Waals surface area contributed by atoms with Gasteiger partial charge in [0.1, 0.15) is 0 Å². The number of methoxy groups -OCH3 is 1. The third kappa shape index (κ3) is 1.94. The maximum absolute atomic E-state index is 11.3. The minimum absolute atomic E-state index is 0. The van der Waals surface area contributed by atoms with E-state index in [1.807, 2.05) is 13.0 Å². The molecule has 15 heavy (non-hydrogen) atoms. The van der Waals surface area contributed by atoms with E-state index in [9.17, 15) is 4.79 Å². The van der Waals surface area contributed by atoms with E-state index < -0.39 is 0 Å². The van der Waals surface area contributed by atoms with Gasteiger partial charge in [-0.25, -0.2) is 4.79 Å². The summed E-state index contributed by atoms with van der Waals surface area (Å²) in [5.41, 5.74) is 1.96. The van der Waals surface area contributed by atoms with Crippen molar-refractivity contribution in [2.75, 3.05) is 7.11 Å². The maximum Gasteiger partial charge on any atom is 0.338 e. The summed E-state index contributed by atoms with van der Waals surface area (Å²) < 4.78 is 9.59. The summed E-state index contributed by atoms with van der Waals surface area (Å²) in [6, 6.07) is 3.49. The van der Waals surface area contributed by atoms with Crippen LogP contribution in [0, 0.1) is 6.92 Å². The summed E-state index contributed by atoms with van der Waals surface area (Å²) in [5.74, 6) is -0.360. The zero-order valence-corrected chi connectivity index (χ0v) is 9.13. The number of fused-ring (bicyclic) bond motifs is 1. The molecule has 0 aliphatic carbocycles. The van der Waals surface area contributed by atoms with Gasteiger partial charge < -0.3 is 9.26 Å². The van der Waals surface area contributed by atoms with E-state index in [1.54, 1.807) is 12.3 Å². The first kappa shape index (κ1) is 11.5. The lowest BCUT2D eigenvalue weighted by atomic mass is 10.1. The van der Waals surface area contributed by atoms with Crippen LogP contribution >= 0.6 is 12.4 Å². The van der Waals surface area contributed by atoms with Gasteiger partial charge in [-0.05, 0) is 24.6 Å². The number of benzene rings is 1. The van der Waals surface area contributed by atoms with E-state index in [0.29, 0.717) is 11.1 Å². The van der Waals surface area contributed by atoms with Gasteiger partial charge in [0.25, 0.3) is 0 Å².